The Balaban J connectivity index is 2.18. The Labute approximate surface area is 103 Å². The van der Waals surface area contributed by atoms with Crippen molar-refractivity contribution >= 4 is 16.9 Å². The molecule has 0 spiro atoms. The number of nitrogens with two attached hydrogens (primary N) is 1. The molecule has 18 heavy (non-hydrogen) atoms. The smallest absolute Gasteiger partial charge is 0.287 e. The first-order chi connectivity index (χ1) is 8.61. The molecule has 2 unspecified atom stereocenters. The van der Waals surface area contributed by atoms with Crippen molar-refractivity contribution < 1.29 is 19.4 Å². The van der Waals surface area contributed by atoms with Gasteiger partial charge < -0.3 is 25.7 Å². The van der Waals surface area contributed by atoms with Gasteiger partial charge in [-0.1, -0.05) is 18.2 Å². The lowest BCUT2D eigenvalue weighted by atomic mass is 10.2. The van der Waals surface area contributed by atoms with Crippen molar-refractivity contribution in [2.75, 3.05) is 6.61 Å². The molecule has 0 bridgehead atoms. The number of fused-ring (bicyclic) bond motifs is 1. The number of amides is 1. The summed E-state index contributed by atoms with van der Waals surface area (Å²) in [6.07, 6.45) is -1.33. The monoisotopic (exact) mass is 250 g/mol. The SMILES string of the molecule is NC(O)C(CO)NC(=O)c1cc2ccccc2o1. The van der Waals surface area contributed by atoms with E-state index in [1.807, 2.05) is 12.1 Å². The molecule has 2 atom stereocenters. The number of carbonyl (C=O) groups is 1. The van der Waals surface area contributed by atoms with E-state index in [1.165, 1.54) is 0 Å². The molecule has 1 aromatic carbocycles. The highest BCUT2D eigenvalue weighted by Gasteiger charge is 2.20. The summed E-state index contributed by atoms with van der Waals surface area (Å²) < 4.78 is 5.34. The van der Waals surface area contributed by atoms with E-state index in [0.29, 0.717) is 5.58 Å². The molecule has 1 amide bonds. The standard InChI is InChI=1S/C12H14N2O4/c13-11(16)8(6-15)14-12(17)10-5-7-3-1-2-4-9(7)18-10/h1-5,8,11,15-16H,6,13H2,(H,14,17). The Bertz CT molecular complexity index is 517. The van der Waals surface area contributed by atoms with Crippen LogP contribution >= 0.6 is 0 Å². The fraction of sp³-hybridized carbons (Fsp3) is 0.250. The van der Waals surface area contributed by atoms with E-state index in [4.69, 9.17) is 20.4 Å². The summed E-state index contributed by atoms with van der Waals surface area (Å²) in [4.78, 5) is 11.8. The lowest BCUT2D eigenvalue weighted by Gasteiger charge is -2.17. The minimum absolute atomic E-state index is 0.107. The zero-order valence-electron chi connectivity index (χ0n) is 9.54. The highest BCUT2D eigenvalue weighted by Crippen LogP contribution is 2.18. The number of benzene rings is 1. The van der Waals surface area contributed by atoms with Gasteiger partial charge in [-0.2, -0.15) is 0 Å². The van der Waals surface area contributed by atoms with Crippen molar-refractivity contribution in [3.63, 3.8) is 0 Å². The summed E-state index contributed by atoms with van der Waals surface area (Å²) in [7, 11) is 0. The van der Waals surface area contributed by atoms with Crippen molar-refractivity contribution in [2.24, 2.45) is 5.73 Å². The van der Waals surface area contributed by atoms with Crippen LogP contribution in [-0.4, -0.2) is 35.0 Å². The van der Waals surface area contributed by atoms with Gasteiger partial charge in [0.1, 0.15) is 11.8 Å². The van der Waals surface area contributed by atoms with E-state index in [9.17, 15) is 4.79 Å². The Morgan fingerprint density at radius 1 is 1.44 bits per heavy atom. The Hall–Kier alpha value is -1.89. The van der Waals surface area contributed by atoms with E-state index in [-0.39, 0.29) is 5.76 Å². The van der Waals surface area contributed by atoms with Crippen LogP contribution in [0.5, 0.6) is 0 Å². The molecule has 0 saturated heterocycles. The van der Waals surface area contributed by atoms with Crippen LogP contribution in [0.4, 0.5) is 0 Å². The molecule has 96 valence electrons. The van der Waals surface area contributed by atoms with Crippen LogP contribution in [0.15, 0.2) is 34.7 Å². The second-order valence-corrected chi connectivity index (χ2v) is 3.90. The zero-order valence-corrected chi connectivity index (χ0v) is 9.54. The second-order valence-electron chi connectivity index (χ2n) is 3.90. The Morgan fingerprint density at radius 3 is 2.78 bits per heavy atom. The maximum Gasteiger partial charge on any atom is 0.287 e. The van der Waals surface area contributed by atoms with Crippen LogP contribution in [0, 0.1) is 0 Å². The van der Waals surface area contributed by atoms with Crippen LogP contribution in [0.3, 0.4) is 0 Å². The summed E-state index contributed by atoms with van der Waals surface area (Å²) in [5.74, 6) is -0.426. The Morgan fingerprint density at radius 2 is 2.17 bits per heavy atom. The largest absolute Gasteiger partial charge is 0.451 e. The van der Waals surface area contributed by atoms with Crippen LogP contribution in [0.2, 0.25) is 0 Å². The van der Waals surface area contributed by atoms with Crippen molar-refractivity contribution in [3.05, 3.63) is 36.1 Å². The van der Waals surface area contributed by atoms with Gasteiger partial charge in [0, 0.05) is 5.39 Å². The quantitative estimate of drug-likeness (QED) is 0.562. The molecular formula is C12H14N2O4. The maximum absolute atomic E-state index is 11.8. The molecule has 0 aliphatic heterocycles. The molecular weight excluding hydrogens is 236 g/mol. The minimum Gasteiger partial charge on any atom is -0.451 e. The summed E-state index contributed by atoms with van der Waals surface area (Å²) in [6, 6.07) is 7.85. The number of rotatable bonds is 4. The van der Waals surface area contributed by atoms with Crippen LogP contribution < -0.4 is 11.1 Å². The van der Waals surface area contributed by atoms with Crippen molar-refractivity contribution in [1.29, 1.82) is 0 Å². The average Bonchev–Trinajstić information content (AvgIpc) is 2.79. The lowest BCUT2D eigenvalue weighted by Crippen LogP contribution is -2.49. The molecule has 2 aromatic rings. The normalized spacial score (nSPS) is 14.4. The van der Waals surface area contributed by atoms with Crippen molar-refractivity contribution in [2.45, 2.75) is 12.3 Å². The minimum atomic E-state index is -1.33. The van der Waals surface area contributed by atoms with Crippen LogP contribution in [0.25, 0.3) is 11.0 Å². The molecule has 0 aliphatic rings. The highest BCUT2D eigenvalue weighted by molar-refractivity contribution is 5.96. The summed E-state index contributed by atoms with van der Waals surface area (Å²) in [5, 5.41) is 21.3. The summed E-state index contributed by atoms with van der Waals surface area (Å²) >= 11 is 0. The number of carbonyl (C=O) groups excluding carboxylic acids is 1. The second kappa shape index (κ2) is 5.18. The molecule has 0 radical (unpaired) electrons. The molecule has 6 heteroatoms. The molecule has 0 aliphatic carbocycles. The van der Waals surface area contributed by atoms with Gasteiger partial charge in [-0.15, -0.1) is 0 Å². The molecule has 0 saturated carbocycles. The maximum atomic E-state index is 11.8. The first kappa shape index (κ1) is 12.6. The number of aliphatic hydroxyl groups excluding tert-OH is 2. The molecule has 6 nitrogen and oxygen atoms in total. The van der Waals surface area contributed by atoms with Gasteiger partial charge in [-0.3, -0.25) is 4.79 Å². The van der Waals surface area contributed by atoms with E-state index in [1.54, 1.807) is 18.2 Å². The van der Waals surface area contributed by atoms with Gasteiger partial charge >= 0.3 is 0 Å². The average molecular weight is 250 g/mol. The first-order valence-electron chi connectivity index (χ1n) is 5.46. The van der Waals surface area contributed by atoms with E-state index in [0.717, 1.165) is 5.39 Å². The summed E-state index contributed by atoms with van der Waals surface area (Å²) in [6.45, 7) is -0.455. The Kier molecular flexibility index (Phi) is 3.61. The fourth-order valence-electron chi connectivity index (χ4n) is 1.57. The van der Waals surface area contributed by atoms with Gasteiger partial charge in [-0.25, -0.2) is 0 Å². The molecule has 0 fully saturated rings. The third kappa shape index (κ3) is 2.51. The van der Waals surface area contributed by atoms with E-state index < -0.39 is 24.8 Å². The number of para-hydroxylation sites is 1. The van der Waals surface area contributed by atoms with E-state index >= 15 is 0 Å². The fourth-order valence-corrected chi connectivity index (χ4v) is 1.57. The van der Waals surface area contributed by atoms with E-state index in [2.05, 4.69) is 5.32 Å². The number of nitrogens with one attached hydrogen (secondary N) is 1. The molecule has 1 aromatic heterocycles. The molecule has 5 N–H and O–H groups in total. The first-order valence-corrected chi connectivity index (χ1v) is 5.46. The molecule has 1 heterocycles. The van der Waals surface area contributed by atoms with Gasteiger partial charge in [-0.05, 0) is 12.1 Å². The number of furan rings is 1. The number of hydrogen-bond acceptors (Lipinski definition) is 5. The zero-order chi connectivity index (χ0) is 13.1. The summed E-state index contributed by atoms with van der Waals surface area (Å²) in [5.41, 5.74) is 5.79. The van der Waals surface area contributed by atoms with Crippen molar-refractivity contribution in [3.8, 4) is 0 Å². The van der Waals surface area contributed by atoms with Gasteiger partial charge in [0.25, 0.3) is 5.91 Å². The van der Waals surface area contributed by atoms with Crippen LogP contribution in [0.1, 0.15) is 10.6 Å². The van der Waals surface area contributed by atoms with Gasteiger partial charge in [0.2, 0.25) is 0 Å². The third-order valence-corrected chi connectivity index (χ3v) is 2.57. The predicted octanol–water partition coefficient (Wildman–Crippen LogP) is -0.199. The third-order valence-electron chi connectivity index (χ3n) is 2.57. The lowest BCUT2D eigenvalue weighted by molar-refractivity contribution is 0.0706. The van der Waals surface area contributed by atoms with Gasteiger partial charge in [0.05, 0.1) is 12.6 Å². The van der Waals surface area contributed by atoms with Crippen molar-refractivity contribution in [1.82, 2.24) is 5.32 Å². The molecule has 2 rings (SSSR count). The van der Waals surface area contributed by atoms with Crippen LogP contribution in [-0.2, 0) is 0 Å². The van der Waals surface area contributed by atoms with Gasteiger partial charge in [0.15, 0.2) is 5.76 Å². The topological polar surface area (TPSA) is 109 Å². The highest BCUT2D eigenvalue weighted by atomic mass is 16.3. The number of hydrogen-bond donors (Lipinski definition) is 4. The predicted molar refractivity (Wildman–Crippen MR) is 64.7 cm³/mol. The number of aliphatic hydroxyl groups is 2.